The predicted octanol–water partition coefficient (Wildman–Crippen LogP) is 5.52. The molecule has 5 rings (SSSR count). The van der Waals surface area contributed by atoms with Gasteiger partial charge in [0.2, 0.25) is 0 Å². The van der Waals surface area contributed by atoms with Gasteiger partial charge in [0.15, 0.2) is 0 Å². The van der Waals surface area contributed by atoms with Crippen LogP contribution in [0, 0.1) is 6.92 Å². The Labute approximate surface area is 234 Å². The number of alkyl halides is 3. The second-order valence-corrected chi connectivity index (χ2v) is 9.81. The summed E-state index contributed by atoms with van der Waals surface area (Å²) < 4.78 is 53.9. The van der Waals surface area contributed by atoms with Crippen LogP contribution in [0.3, 0.4) is 0 Å². The van der Waals surface area contributed by atoms with Crippen molar-refractivity contribution in [3.63, 3.8) is 0 Å². The van der Waals surface area contributed by atoms with Gasteiger partial charge in [-0.05, 0) is 68.8 Å². The van der Waals surface area contributed by atoms with E-state index in [1.165, 1.54) is 11.8 Å². The van der Waals surface area contributed by atoms with Gasteiger partial charge in [0.1, 0.15) is 17.2 Å². The number of ether oxygens (including phenoxy) is 2. The van der Waals surface area contributed by atoms with Crippen molar-refractivity contribution in [1.29, 1.82) is 0 Å². The van der Waals surface area contributed by atoms with Gasteiger partial charge in [-0.25, -0.2) is 4.68 Å². The van der Waals surface area contributed by atoms with Crippen LogP contribution in [0.15, 0.2) is 55.0 Å². The molecule has 1 saturated heterocycles. The molecule has 1 amide bonds. The summed E-state index contributed by atoms with van der Waals surface area (Å²) in [6.45, 7) is 3.74. The Morgan fingerprint density at radius 1 is 1.05 bits per heavy atom. The first-order valence-corrected chi connectivity index (χ1v) is 13.0. The Morgan fingerprint density at radius 2 is 1.83 bits per heavy atom. The summed E-state index contributed by atoms with van der Waals surface area (Å²) >= 11 is 0. The second-order valence-electron chi connectivity index (χ2n) is 9.81. The van der Waals surface area contributed by atoms with Crippen molar-refractivity contribution >= 4 is 11.6 Å². The quantitative estimate of drug-likeness (QED) is 0.300. The molecule has 3 heterocycles. The molecule has 0 bridgehead atoms. The van der Waals surface area contributed by atoms with Crippen LogP contribution in [-0.2, 0) is 12.7 Å². The van der Waals surface area contributed by atoms with Crippen molar-refractivity contribution in [3.05, 3.63) is 77.2 Å². The molecule has 0 atom stereocenters. The lowest BCUT2D eigenvalue weighted by molar-refractivity contribution is -0.138. The van der Waals surface area contributed by atoms with E-state index in [1.54, 1.807) is 56.0 Å². The number of hydrogen-bond acceptors (Lipinski definition) is 7. The third-order valence-electron chi connectivity index (χ3n) is 6.98. The van der Waals surface area contributed by atoms with Crippen molar-refractivity contribution in [2.75, 3.05) is 32.6 Å². The molecule has 0 saturated carbocycles. The summed E-state index contributed by atoms with van der Waals surface area (Å²) in [5.74, 6) is -0.218. The normalized spacial score (nSPS) is 13.8. The Kier molecular flexibility index (Phi) is 7.93. The summed E-state index contributed by atoms with van der Waals surface area (Å²) in [6.07, 6.45) is 2.23. The Balaban J connectivity index is 1.43. The molecular weight excluding hydrogens is 537 g/mol. The number of likely N-dealkylation sites (tertiary alicyclic amines) is 1. The Hall–Kier alpha value is -4.45. The van der Waals surface area contributed by atoms with Crippen molar-refractivity contribution in [3.8, 4) is 28.4 Å². The maximum absolute atomic E-state index is 14.0. The number of halogens is 3. The first kappa shape index (κ1) is 28.1. The van der Waals surface area contributed by atoms with Gasteiger partial charge in [-0.3, -0.25) is 14.7 Å². The lowest BCUT2D eigenvalue weighted by Gasteiger charge is -2.21. The molecule has 1 aliphatic heterocycles. The topological polar surface area (TPSA) is 94.4 Å². The standard InChI is InChI=1S/C29H29F3N6O3/c1-18-6-7-19(12-26(18)38-17-25(35-36-38)20-11-23(40-2)15-33-14-20)28(39)34-22-10-21(16-37-8-4-5-9-37)27(41-3)24(13-22)29(30,31)32/h6-7,10-15,17H,4-5,8-9,16H2,1-3H3,(H,34,39). The summed E-state index contributed by atoms with van der Waals surface area (Å²) in [5, 5.41) is 11.1. The van der Waals surface area contributed by atoms with Crippen LogP contribution < -0.4 is 14.8 Å². The van der Waals surface area contributed by atoms with Crippen molar-refractivity contribution in [2.24, 2.45) is 0 Å². The monoisotopic (exact) mass is 566 g/mol. The number of nitrogens with zero attached hydrogens (tertiary/aromatic N) is 5. The van der Waals surface area contributed by atoms with Gasteiger partial charge in [-0.2, -0.15) is 13.2 Å². The van der Waals surface area contributed by atoms with Gasteiger partial charge in [0.25, 0.3) is 5.91 Å². The number of aryl methyl sites for hydroxylation is 1. The molecule has 2 aromatic carbocycles. The molecule has 9 nitrogen and oxygen atoms in total. The molecule has 1 fully saturated rings. The number of nitrogens with one attached hydrogen (secondary N) is 1. The first-order valence-electron chi connectivity index (χ1n) is 13.0. The average molecular weight is 567 g/mol. The van der Waals surface area contributed by atoms with Crippen LogP contribution in [0.4, 0.5) is 18.9 Å². The fraction of sp³-hybridized carbons (Fsp3) is 0.310. The summed E-state index contributed by atoms with van der Waals surface area (Å²) in [5.41, 5.74) is 2.38. The van der Waals surface area contributed by atoms with E-state index in [1.807, 2.05) is 6.92 Å². The highest BCUT2D eigenvalue weighted by Crippen LogP contribution is 2.41. The van der Waals surface area contributed by atoms with E-state index < -0.39 is 17.6 Å². The Bertz CT molecular complexity index is 1560. The van der Waals surface area contributed by atoms with Gasteiger partial charge in [-0.15, -0.1) is 5.10 Å². The fourth-order valence-electron chi connectivity index (χ4n) is 4.90. The highest BCUT2D eigenvalue weighted by atomic mass is 19.4. The van der Waals surface area contributed by atoms with Crippen LogP contribution >= 0.6 is 0 Å². The third kappa shape index (κ3) is 6.17. The molecule has 0 radical (unpaired) electrons. The average Bonchev–Trinajstić information content (AvgIpc) is 3.65. The Morgan fingerprint density at radius 3 is 2.54 bits per heavy atom. The zero-order valence-corrected chi connectivity index (χ0v) is 22.8. The van der Waals surface area contributed by atoms with Crippen LogP contribution in [0.25, 0.3) is 16.9 Å². The van der Waals surface area contributed by atoms with E-state index in [2.05, 4.69) is 25.5 Å². The summed E-state index contributed by atoms with van der Waals surface area (Å²) in [7, 11) is 2.77. The highest BCUT2D eigenvalue weighted by molar-refractivity contribution is 6.04. The molecule has 1 aliphatic rings. The number of aromatic nitrogens is 4. The second kappa shape index (κ2) is 11.6. The van der Waals surface area contributed by atoms with Crippen LogP contribution in [0.2, 0.25) is 0 Å². The van der Waals surface area contributed by atoms with Gasteiger partial charge in [0.05, 0.1) is 37.9 Å². The number of benzene rings is 2. The van der Waals surface area contributed by atoms with E-state index in [0.29, 0.717) is 34.8 Å². The maximum Gasteiger partial charge on any atom is 0.420 e. The molecule has 214 valence electrons. The number of hydrogen-bond donors (Lipinski definition) is 1. The maximum atomic E-state index is 14.0. The summed E-state index contributed by atoms with van der Waals surface area (Å²) in [6, 6.07) is 9.20. The lowest BCUT2D eigenvalue weighted by Crippen LogP contribution is -2.21. The third-order valence-corrected chi connectivity index (χ3v) is 6.98. The predicted molar refractivity (Wildman–Crippen MR) is 146 cm³/mol. The number of anilines is 1. The highest BCUT2D eigenvalue weighted by Gasteiger charge is 2.36. The number of pyridine rings is 1. The number of amides is 1. The molecule has 1 N–H and O–H groups in total. The van der Waals surface area contributed by atoms with Crippen molar-refractivity contribution in [1.82, 2.24) is 24.9 Å². The molecule has 2 aromatic heterocycles. The fourth-order valence-corrected chi connectivity index (χ4v) is 4.90. The SMILES string of the molecule is COc1cncc(-c2cn(-c3cc(C(=O)Nc4cc(CN5CCCC5)c(OC)c(C(F)(F)F)c4)ccc3C)nn2)c1. The molecule has 12 heteroatoms. The lowest BCUT2D eigenvalue weighted by atomic mass is 10.0. The van der Waals surface area contributed by atoms with E-state index >= 15 is 0 Å². The molecule has 0 aliphatic carbocycles. The number of methoxy groups -OCH3 is 2. The van der Waals surface area contributed by atoms with Crippen LogP contribution in [0.5, 0.6) is 11.5 Å². The number of rotatable bonds is 8. The van der Waals surface area contributed by atoms with Gasteiger partial charge in [-0.1, -0.05) is 11.3 Å². The zero-order valence-electron chi connectivity index (χ0n) is 22.8. The molecule has 4 aromatic rings. The van der Waals surface area contributed by atoms with Gasteiger partial charge >= 0.3 is 6.18 Å². The van der Waals surface area contributed by atoms with E-state index in [4.69, 9.17) is 9.47 Å². The van der Waals surface area contributed by atoms with Gasteiger partial charge in [0, 0.05) is 35.1 Å². The zero-order chi connectivity index (χ0) is 29.1. The minimum Gasteiger partial charge on any atom is -0.496 e. The molecular formula is C29H29F3N6O3. The molecule has 0 spiro atoms. The minimum absolute atomic E-state index is 0.0352. The van der Waals surface area contributed by atoms with Crippen molar-refractivity contribution < 1.29 is 27.4 Å². The smallest absolute Gasteiger partial charge is 0.420 e. The largest absolute Gasteiger partial charge is 0.496 e. The number of carbonyl (C=O) groups is 1. The van der Waals surface area contributed by atoms with E-state index in [9.17, 15) is 18.0 Å². The van der Waals surface area contributed by atoms with Crippen LogP contribution in [0.1, 0.15) is 39.9 Å². The van der Waals surface area contributed by atoms with E-state index in [0.717, 1.165) is 37.6 Å². The molecule has 0 unspecified atom stereocenters. The first-order chi connectivity index (χ1) is 19.7. The minimum atomic E-state index is -4.66. The van der Waals surface area contributed by atoms with Gasteiger partial charge < -0.3 is 14.8 Å². The van der Waals surface area contributed by atoms with E-state index in [-0.39, 0.29) is 17.0 Å². The summed E-state index contributed by atoms with van der Waals surface area (Å²) in [4.78, 5) is 19.5. The molecule has 41 heavy (non-hydrogen) atoms. The van der Waals surface area contributed by atoms with Crippen molar-refractivity contribution in [2.45, 2.75) is 32.5 Å². The number of carbonyl (C=O) groups excluding carboxylic acids is 1. The van der Waals surface area contributed by atoms with Crippen LogP contribution in [-0.4, -0.2) is 58.1 Å².